The van der Waals surface area contributed by atoms with Crippen LogP contribution >= 0.6 is 34.1 Å². The minimum Gasteiger partial charge on any atom is -0.321 e. The monoisotopic (exact) mass is 345 g/mol. The first-order chi connectivity index (χ1) is 7.66. The van der Waals surface area contributed by atoms with Crippen molar-refractivity contribution in [3.8, 4) is 0 Å². The van der Waals surface area contributed by atoms with Crippen LogP contribution in [0.4, 0.5) is 5.69 Å². The second-order valence-corrected chi connectivity index (χ2v) is 5.15. The largest absolute Gasteiger partial charge is 0.321 e. The second-order valence-electron chi connectivity index (χ2n) is 3.15. The van der Waals surface area contributed by atoms with Gasteiger partial charge < -0.3 is 5.32 Å². The van der Waals surface area contributed by atoms with Gasteiger partial charge in [0.05, 0.1) is 5.69 Å². The Bertz CT molecular complexity index is 509. The number of anilines is 1. The van der Waals surface area contributed by atoms with Crippen molar-refractivity contribution in [2.75, 3.05) is 5.32 Å². The number of carbonyl (C=O) groups excluding carboxylic acids is 1. The van der Waals surface area contributed by atoms with Gasteiger partial charge in [-0.15, -0.1) is 5.10 Å². The summed E-state index contributed by atoms with van der Waals surface area (Å²) >= 11 is 3.32. The Morgan fingerprint density at radius 1 is 1.38 bits per heavy atom. The molecule has 0 aliphatic carbocycles. The Kier molecular flexibility index (Phi) is 3.49. The third-order valence-corrected chi connectivity index (χ3v) is 3.51. The summed E-state index contributed by atoms with van der Waals surface area (Å²) in [6.45, 7) is 1.77. The number of nitrogens with one attached hydrogen (secondary N) is 1. The molecule has 0 atom stereocenters. The highest BCUT2D eigenvalue weighted by molar-refractivity contribution is 14.1. The fourth-order valence-electron chi connectivity index (χ4n) is 1.16. The zero-order valence-electron chi connectivity index (χ0n) is 8.40. The maximum Gasteiger partial charge on any atom is 0.269 e. The third-order valence-electron chi connectivity index (χ3n) is 1.96. The molecule has 0 aliphatic heterocycles. The molecule has 0 bridgehead atoms. The molecule has 0 spiro atoms. The van der Waals surface area contributed by atoms with Crippen molar-refractivity contribution in [3.05, 3.63) is 38.4 Å². The number of aromatic nitrogens is 2. The molecule has 1 aromatic carbocycles. The summed E-state index contributed by atoms with van der Waals surface area (Å²) in [7, 11) is 0. The predicted octanol–water partition coefficient (Wildman–Crippen LogP) is 2.70. The number of benzene rings is 1. The lowest BCUT2D eigenvalue weighted by atomic mass is 10.3. The highest BCUT2D eigenvalue weighted by Crippen LogP contribution is 2.15. The van der Waals surface area contributed by atoms with E-state index in [2.05, 4.69) is 37.5 Å². The smallest absolute Gasteiger partial charge is 0.269 e. The molecule has 6 heteroatoms. The van der Waals surface area contributed by atoms with Crippen LogP contribution in [0.3, 0.4) is 0 Å². The first-order valence-electron chi connectivity index (χ1n) is 4.52. The van der Waals surface area contributed by atoms with Gasteiger partial charge in [0.25, 0.3) is 5.91 Å². The molecule has 1 amide bonds. The number of amides is 1. The van der Waals surface area contributed by atoms with Crippen LogP contribution < -0.4 is 5.32 Å². The topological polar surface area (TPSA) is 54.9 Å². The molecule has 0 saturated carbocycles. The number of rotatable bonds is 2. The van der Waals surface area contributed by atoms with Crippen LogP contribution in [0.1, 0.15) is 15.4 Å². The molecule has 4 nitrogen and oxygen atoms in total. The summed E-state index contributed by atoms with van der Waals surface area (Å²) in [6, 6.07) is 7.61. The molecule has 0 radical (unpaired) electrons. The zero-order chi connectivity index (χ0) is 11.5. The highest BCUT2D eigenvalue weighted by atomic mass is 127. The summed E-state index contributed by atoms with van der Waals surface area (Å²) in [5.74, 6) is -0.159. The van der Waals surface area contributed by atoms with Gasteiger partial charge in [0.1, 0.15) is 4.88 Å². The van der Waals surface area contributed by atoms with Gasteiger partial charge in [0.2, 0.25) is 0 Å². The van der Waals surface area contributed by atoms with Crippen LogP contribution in [0.25, 0.3) is 0 Å². The Morgan fingerprint density at radius 2 is 2.06 bits per heavy atom. The predicted molar refractivity (Wildman–Crippen MR) is 71.8 cm³/mol. The van der Waals surface area contributed by atoms with E-state index in [0.717, 1.165) is 20.8 Å². The van der Waals surface area contributed by atoms with Crippen LogP contribution in [-0.2, 0) is 0 Å². The number of carbonyl (C=O) groups is 1. The zero-order valence-corrected chi connectivity index (χ0v) is 11.4. The first-order valence-corrected chi connectivity index (χ1v) is 6.38. The van der Waals surface area contributed by atoms with Crippen LogP contribution in [0, 0.1) is 10.5 Å². The lowest BCUT2D eigenvalue weighted by Gasteiger charge is -2.03. The lowest BCUT2D eigenvalue weighted by molar-refractivity contribution is 0.103. The number of halogens is 1. The average Bonchev–Trinajstić information content (AvgIpc) is 2.68. The summed E-state index contributed by atoms with van der Waals surface area (Å²) in [5.41, 5.74) is 1.44. The molecule has 1 heterocycles. The standard InChI is InChI=1S/C10H8IN3OS/c1-6-9(16-14-13-6)10(15)12-8-4-2-7(11)3-5-8/h2-5H,1H3,(H,12,15). The highest BCUT2D eigenvalue weighted by Gasteiger charge is 2.12. The second kappa shape index (κ2) is 4.88. The van der Waals surface area contributed by atoms with Gasteiger partial charge >= 0.3 is 0 Å². The molecule has 1 N–H and O–H groups in total. The van der Waals surface area contributed by atoms with Crippen LogP contribution in [0.2, 0.25) is 0 Å². The molecule has 0 unspecified atom stereocenters. The summed E-state index contributed by atoms with van der Waals surface area (Å²) in [5, 5.41) is 6.60. The van der Waals surface area contributed by atoms with Gasteiger partial charge in [0.15, 0.2) is 0 Å². The van der Waals surface area contributed by atoms with E-state index in [1.807, 2.05) is 24.3 Å². The Hall–Kier alpha value is -1.02. The summed E-state index contributed by atoms with van der Waals surface area (Å²) in [6.07, 6.45) is 0. The number of nitrogens with zero attached hydrogens (tertiary/aromatic N) is 2. The molecular formula is C10H8IN3OS. The van der Waals surface area contributed by atoms with E-state index >= 15 is 0 Å². The van der Waals surface area contributed by atoms with Crippen molar-refractivity contribution in [2.45, 2.75) is 6.92 Å². The minimum atomic E-state index is -0.159. The van der Waals surface area contributed by atoms with Crippen molar-refractivity contribution in [1.29, 1.82) is 0 Å². The number of aryl methyl sites for hydroxylation is 1. The Morgan fingerprint density at radius 3 is 2.62 bits per heavy atom. The Balaban J connectivity index is 2.14. The molecule has 1 aromatic heterocycles. The van der Waals surface area contributed by atoms with E-state index in [1.54, 1.807) is 6.92 Å². The van der Waals surface area contributed by atoms with Gasteiger partial charge in [-0.25, -0.2) is 0 Å². The minimum absolute atomic E-state index is 0.159. The van der Waals surface area contributed by atoms with Gasteiger partial charge in [-0.2, -0.15) is 0 Å². The van der Waals surface area contributed by atoms with E-state index in [1.165, 1.54) is 0 Å². The molecule has 82 valence electrons. The van der Waals surface area contributed by atoms with Crippen molar-refractivity contribution in [1.82, 2.24) is 9.59 Å². The molecule has 0 aliphatic rings. The molecule has 0 saturated heterocycles. The lowest BCUT2D eigenvalue weighted by Crippen LogP contribution is -2.11. The fraction of sp³-hybridized carbons (Fsp3) is 0.100. The number of hydrogen-bond donors (Lipinski definition) is 1. The van der Waals surface area contributed by atoms with E-state index in [-0.39, 0.29) is 5.91 Å². The van der Waals surface area contributed by atoms with Crippen LogP contribution in [0.5, 0.6) is 0 Å². The molecule has 2 rings (SSSR count). The summed E-state index contributed by atoms with van der Waals surface area (Å²) < 4.78 is 4.86. The normalized spacial score (nSPS) is 10.1. The van der Waals surface area contributed by atoms with Crippen LogP contribution in [-0.4, -0.2) is 15.5 Å². The quantitative estimate of drug-likeness (QED) is 0.852. The molecule has 2 aromatic rings. The average molecular weight is 345 g/mol. The van der Waals surface area contributed by atoms with Crippen molar-refractivity contribution in [2.24, 2.45) is 0 Å². The summed E-state index contributed by atoms with van der Waals surface area (Å²) in [4.78, 5) is 12.4. The maximum atomic E-state index is 11.8. The molecule has 16 heavy (non-hydrogen) atoms. The number of hydrogen-bond acceptors (Lipinski definition) is 4. The van der Waals surface area contributed by atoms with Gasteiger partial charge in [0, 0.05) is 9.26 Å². The maximum absolute atomic E-state index is 11.8. The SMILES string of the molecule is Cc1nnsc1C(=O)Nc1ccc(I)cc1. The van der Waals surface area contributed by atoms with Gasteiger partial charge in [-0.05, 0) is 65.3 Å². The third kappa shape index (κ3) is 2.56. The van der Waals surface area contributed by atoms with Crippen molar-refractivity contribution < 1.29 is 4.79 Å². The van der Waals surface area contributed by atoms with E-state index in [0.29, 0.717) is 10.6 Å². The molecular weight excluding hydrogens is 337 g/mol. The van der Waals surface area contributed by atoms with Crippen molar-refractivity contribution >= 4 is 45.7 Å². The van der Waals surface area contributed by atoms with E-state index in [9.17, 15) is 4.79 Å². The van der Waals surface area contributed by atoms with Gasteiger partial charge in [-0.1, -0.05) is 4.49 Å². The first kappa shape index (κ1) is 11.5. The van der Waals surface area contributed by atoms with Gasteiger partial charge in [-0.3, -0.25) is 4.79 Å². The Labute approximate surface area is 110 Å². The fourth-order valence-corrected chi connectivity index (χ4v) is 2.07. The van der Waals surface area contributed by atoms with Crippen molar-refractivity contribution in [3.63, 3.8) is 0 Å². The molecule has 0 fully saturated rings. The van der Waals surface area contributed by atoms with E-state index < -0.39 is 0 Å². The van der Waals surface area contributed by atoms with E-state index in [4.69, 9.17) is 0 Å². The van der Waals surface area contributed by atoms with Crippen LogP contribution in [0.15, 0.2) is 24.3 Å².